The van der Waals surface area contributed by atoms with Gasteiger partial charge < -0.3 is 40.1 Å². The van der Waals surface area contributed by atoms with E-state index in [0.29, 0.717) is 38.8 Å². The molecule has 1 aliphatic rings. The molecule has 2 aromatic carbocycles. The van der Waals surface area contributed by atoms with Crippen LogP contribution in [0.25, 0.3) is 6.08 Å². The monoisotopic (exact) mass is 920 g/mol. The van der Waals surface area contributed by atoms with Gasteiger partial charge in [-0.2, -0.15) is 0 Å². The van der Waals surface area contributed by atoms with Crippen LogP contribution in [0.5, 0.6) is 0 Å². The van der Waals surface area contributed by atoms with Crippen molar-refractivity contribution in [2.45, 2.75) is 136 Å². The lowest BCUT2D eigenvalue weighted by atomic mass is 9.89. The lowest BCUT2D eigenvalue weighted by Gasteiger charge is -2.41. The van der Waals surface area contributed by atoms with Crippen LogP contribution >= 0.6 is 0 Å². The van der Waals surface area contributed by atoms with Crippen LogP contribution in [0.2, 0.25) is 0 Å². The number of methoxy groups -OCH3 is 2. The molecule has 2 aromatic rings. The number of nitrogens with zero attached hydrogens (tertiary/aromatic N) is 3. The molecule has 3 rings (SSSR count). The molecule has 0 radical (unpaired) electrons. The first-order chi connectivity index (χ1) is 31.2. The Bertz CT molecular complexity index is 1910. The Kier molecular flexibility index (Phi) is 22.5. The molecule has 15 nitrogen and oxygen atoms in total. The van der Waals surface area contributed by atoms with Crippen molar-refractivity contribution in [2.24, 2.45) is 23.7 Å². The average molecular weight is 920 g/mol. The Balaban J connectivity index is 1.80. The fourth-order valence-electron chi connectivity index (χ4n) is 9.22. The molecular weight excluding hydrogens is 843 g/mol. The third-order valence-electron chi connectivity index (χ3n) is 13.1. The number of carboxylic acid groups (broad SMARTS) is 2. The lowest BCUT2D eigenvalue weighted by Crippen LogP contribution is -2.60. The summed E-state index contributed by atoms with van der Waals surface area (Å²) in [5.74, 6) is -4.05. The van der Waals surface area contributed by atoms with E-state index < -0.39 is 60.3 Å². The highest BCUT2D eigenvalue weighted by molar-refractivity contribution is 5.90. The van der Waals surface area contributed by atoms with Gasteiger partial charge in [0, 0.05) is 34.2 Å². The first-order valence-electron chi connectivity index (χ1n) is 23.5. The van der Waals surface area contributed by atoms with Gasteiger partial charge in [0.2, 0.25) is 23.6 Å². The van der Waals surface area contributed by atoms with Crippen molar-refractivity contribution in [3.05, 3.63) is 77.4 Å². The molecule has 0 aliphatic carbocycles. The van der Waals surface area contributed by atoms with Crippen LogP contribution in [0.4, 0.5) is 0 Å². The minimum Gasteiger partial charge on any atom is -0.481 e. The molecule has 1 heterocycles. The highest BCUT2D eigenvalue weighted by Crippen LogP contribution is 2.30. The number of benzene rings is 2. The summed E-state index contributed by atoms with van der Waals surface area (Å²) in [4.78, 5) is 84.7. The number of carbonyl (C=O) groups excluding carboxylic acids is 4. The zero-order valence-corrected chi connectivity index (χ0v) is 41.1. The number of hydrogen-bond acceptors (Lipinski definition) is 9. The highest BCUT2D eigenvalue weighted by Gasteiger charge is 2.43. The van der Waals surface area contributed by atoms with Crippen LogP contribution in [0.15, 0.2) is 60.7 Å². The van der Waals surface area contributed by atoms with Gasteiger partial charge in [0.05, 0.1) is 54.3 Å². The van der Waals surface area contributed by atoms with E-state index in [1.807, 2.05) is 88.9 Å². The zero-order valence-electron chi connectivity index (χ0n) is 41.1. The molecule has 4 amide bonds. The van der Waals surface area contributed by atoms with Crippen molar-refractivity contribution in [3.63, 3.8) is 0 Å². The van der Waals surface area contributed by atoms with Crippen LogP contribution in [-0.2, 0) is 39.9 Å². The van der Waals surface area contributed by atoms with E-state index in [1.54, 1.807) is 50.1 Å². The van der Waals surface area contributed by atoms with Gasteiger partial charge in [0.15, 0.2) is 0 Å². The Morgan fingerprint density at radius 1 is 0.864 bits per heavy atom. The molecule has 15 heteroatoms. The third kappa shape index (κ3) is 15.8. The van der Waals surface area contributed by atoms with Gasteiger partial charge in [-0.25, -0.2) is 4.79 Å². The zero-order chi connectivity index (χ0) is 49.2. The normalized spacial score (nSPS) is 17.8. The molecule has 1 aliphatic heterocycles. The second kappa shape index (κ2) is 26.9. The number of aromatic carboxylic acids is 1. The number of rotatable bonds is 27. The van der Waals surface area contributed by atoms with Crippen molar-refractivity contribution >= 4 is 41.6 Å². The fourth-order valence-corrected chi connectivity index (χ4v) is 9.22. The molecule has 1 fully saturated rings. The number of amides is 4. The van der Waals surface area contributed by atoms with Gasteiger partial charge >= 0.3 is 11.9 Å². The van der Waals surface area contributed by atoms with Gasteiger partial charge in [0.25, 0.3) is 0 Å². The maximum Gasteiger partial charge on any atom is 0.335 e. The number of carboxylic acids is 2. The fraction of sp³-hybridized carbons (Fsp3) is 0.608. The number of hydrogen-bond donors (Lipinski definition) is 4. The molecule has 9 atom stereocenters. The molecule has 1 saturated heterocycles. The minimum absolute atomic E-state index is 0.0113. The van der Waals surface area contributed by atoms with Crippen LogP contribution in [-0.4, -0.2) is 144 Å². The van der Waals surface area contributed by atoms with E-state index >= 15 is 0 Å². The number of carbonyl (C=O) groups is 6. The average Bonchev–Trinajstić information content (AvgIpc) is 3.76. The van der Waals surface area contributed by atoms with E-state index in [9.17, 15) is 33.9 Å². The van der Waals surface area contributed by atoms with E-state index in [4.69, 9.17) is 14.6 Å². The van der Waals surface area contributed by atoms with Crippen LogP contribution in [0.3, 0.4) is 0 Å². The number of likely N-dealkylation sites (tertiary alicyclic amines) is 1. The van der Waals surface area contributed by atoms with E-state index in [-0.39, 0.29) is 59.8 Å². The molecule has 0 saturated carbocycles. The van der Waals surface area contributed by atoms with E-state index in [2.05, 4.69) is 10.6 Å². The summed E-state index contributed by atoms with van der Waals surface area (Å²) in [5, 5.41) is 24.7. The largest absolute Gasteiger partial charge is 0.481 e. The molecule has 366 valence electrons. The summed E-state index contributed by atoms with van der Waals surface area (Å²) in [7, 11) is 6.58. The number of ether oxygens (including phenoxy) is 2. The third-order valence-corrected chi connectivity index (χ3v) is 13.1. The van der Waals surface area contributed by atoms with Gasteiger partial charge in [-0.3, -0.25) is 28.9 Å². The topological polar surface area (TPSA) is 195 Å². The summed E-state index contributed by atoms with van der Waals surface area (Å²) in [6.45, 7) is 14.3. The van der Waals surface area contributed by atoms with E-state index in [1.165, 1.54) is 19.2 Å². The van der Waals surface area contributed by atoms with Crippen molar-refractivity contribution in [1.29, 1.82) is 0 Å². The molecule has 4 N–H and O–H groups in total. The minimum atomic E-state index is -1.01. The van der Waals surface area contributed by atoms with Crippen LogP contribution in [0.1, 0.15) is 108 Å². The molecule has 0 spiro atoms. The molecule has 0 bridgehead atoms. The SMILES string of the molecule is CC[C@H](C)[C@@H]([C@@H](CC(=O)N1CCC[C@H]1[C@H](OC)[C@@H](C)C(=O)N[C@H](C=Cc1ccc(C(=O)O)cc1)Cc1ccccc1)OC)N(C)C(=O)[C@@H](NC(=O)[C@H](C(C)C)N(C)CCCC(=O)O)C(C)C. The predicted octanol–water partition coefficient (Wildman–Crippen LogP) is 6.01. The second-order valence-corrected chi connectivity index (χ2v) is 18.6. The van der Waals surface area contributed by atoms with Gasteiger partial charge in [-0.1, -0.05) is 110 Å². The second-order valence-electron chi connectivity index (χ2n) is 18.6. The lowest BCUT2D eigenvalue weighted by molar-refractivity contribution is -0.148. The van der Waals surface area contributed by atoms with Crippen LogP contribution in [0, 0.1) is 23.7 Å². The molecule has 0 unspecified atom stereocenters. The summed E-state index contributed by atoms with van der Waals surface area (Å²) in [6, 6.07) is 13.5. The maximum absolute atomic E-state index is 14.5. The standard InChI is InChI=1S/C51H77N5O10/c1-12-34(6)46(55(9)50(62)44(32(2)3)53-49(61)45(33(4)5)54(8)28-17-21-43(58)59)41(65-10)31-42(57)56-29-16-20-40(56)47(66-11)35(7)48(60)52-39(30-37-18-14-13-15-19-37)27-24-36-22-25-38(26-23-36)51(63)64/h13-15,18-19,22-27,32-35,39-41,44-47H,12,16-17,20-21,28-31H2,1-11H3,(H,52,60)(H,53,61)(H,58,59)(H,63,64)/t34-,35+,39+,40-,41+,44-,45-,46-,47+/m0/s1. The predicted molar refractivity (Wildman–Crippen MR) is 256 cm³/mol. The smallest absolute Gasteiger partial charge is 0.335 e. The van der Waals surface area contributed by atoms with Gasteiger partial charge in [-0.05, 0) is 80.3 Å². The molecular formula is C51H77N5O10. The summed E-state index contributed by atoms with van der Waals surface area (Å²) < 4.78 is 12.1. The first-order valence-corrected chi connectivity index (χ1v) is 23.5. The number of likely N-dealkylation sites (N-methyl/N-ethyl adjacent to an activating group) is 2. The summed E-state index contributed by atoms with van der Waals surface area (Å²) >= 11 is 0. The quantitative estimate of drug-likeness (QED) is 0.0820. The first kappa shape index (κ1) is 55.2. The van der Waals surface area contributed by atoms with Gasteiger partial charge in [0.1, 0.15) is 6.04 Å². The van der Waals surface area contributed by atoms with E-state index in [0.717, 1.165) is 17.5 Å². The van der Waals surface area contributed by atoms with Gasteiger partial charge in [-0.15, -0.1) is 0 Å². The Labute approximate surface area is 392 Å². The molecule has 0 aromatic heterocycles. The van der Waals surface area contributed by atoms with Crippen molar-refractivity contribution < 1.29 is 48.5 Å². The Morgan fingerprint density at radius 3 is 2.06 bits per heavy atom. The maximum atomic E-state index is 14.5. The summed E-state index contributed by atoms with van der Waals surface area (Å²) in [6.07, 6.45) is 5.33. The number of aliphatic carboxylic acids is 1. The van der Waals surface area contributed by atoms with Crippen molar-refractivity contribution in [2.75, 3.05) is 41.4 Å². The molecule has 66 heavy (non-hydrogen) atoms. The van der Waals surface area contributed by atoms with Crippen molar-refractivity contribution in [1.82, 2.24) is 25.3 Å². The number of nitrogens with one attached hydrogen (secondary N) is 2. The van der Waals surface area contributed by atoms with Crippen LogP contribution < -0.4 is 10.6 Å². The Hall–Kier alpha value is -5.12. The highest BCUT2D eigenvalue weighted by atomic mass is 16.5. The summed E-state index contributed by atoms with van der Waals surface area (Å²) in [5.41, 5.74) is 1.99. The Morgan fingerprint density at radius 2 is 1.52 bits per heavy atom. The van der Waals surface area contributed by atoms with Crippen molar-refractivity contribution in [3.8, 4) is 0 Å².